The average molecular weight is 302 g/mol. The van der Waals surface area contributed by atoms with Crippen molar-refractivity contribution in [1.82, 2.24) is 20.2 Å². The molecule has 0 bridgehead atoms. The molecule has 3 N–H and O–H groups in total. The van der Waals surface area contributed by atoms with Crippen molar-refractivity contribution in [2.45, 2.75) is 30.8 Å². The maximum atomic E-state index is 12.3. The van der Waals surface area contributed by atoms with Crippen LogP contribution in [0.2, 0.25) is 0 Å². The van der Waals surface area contributed by atoms with E-state index in [1.54, 1.807) is 14.2 Å². The minimum atomic E-state index is -3.54. The first-order valence-corrected chi connectivity index (χ1v) is 8.17. The largest absolute Gasteiger partial charge is 0.385 e. The Hall–Kier alpha value is -0.960. The van der Waals surface area contributed by atoms with Crippen molar-refractivity contribution >= 4 is 10.0 Å². The van der Waals surface area contributed by atoms with E-state index in [0.29, 0.717) is 25.3 Å². The zero-order valence-corrected chi connectivity index (χ0v) is 12.7. The standard InChI is InChI=1S/C12H22N4O3S/c1-13-7-10-8-14-16-11(10)20(17,18)15-9-12(3-4-12)5-6-19-2/h8,13,15H,3-7,9H2,1-2H3,(H,14,16). The van der Waals surface area contributed by atoms with E-state index in [-0.39, 0.29) is 10.4 Å². The van der Waals surface area contributed by atoms with Gasteiger partial charge in [-0.15, -0.1) is 0 Å². The van der Waals surface area contributed by atoms with Crippen LogP contribution in [0.4, 0.5) is 0 Å². The quantitative estimate of drug-likeness (QED) is 0.606. The number of ether oxygens (including phenoxy) is 1. The summed E-state index contributed by atoms with van der Waals surface area (Å²) >= 11 is 0. The molecule has 8 heteroatoms. The van der Waals surface area contributed by atoms with Gasteiger partial charge >= 0.3 is 0 Å². The number of rotatable bonds is 9. The van der Waals surface area contributed by atoms with Gasteiger partial charge in [0.2, 0.25) is 0 Å². The Morgan fingerprint density at radius 2 is 2.25 bits per heavy atom. The van der Waals surface area contributed by atoms with Crippen LogP contribution in [0.15, 0.2) is 11.2 Å². The lowest BCUT2D eigenvalue weighted by Gasteiger charge is -2.15. The van der Waals surface area contributed by atoms with Gasteiger partial charge in [0.25, 0.3) is 10.0 Å². The van der Waals surface area contributed by atoms with Crippen molar-refractivity contribution in [3.8, 4) is 0 Å². The molecule has 1 saturated carbocycles. The van der Waals surface area contributed by atoms with Gasteiger partial charge in [0, 0.05) is 32.4 Å². The number of aromatic amines is 1. The molecule has 1 aliphatic carbocycles. The first-order chi connectivity index (χ1) is 9.53. The number of nitrogens with zero attached hydrogens (tertiary/aromatic N) is 1. The molecule has 20 heavy (non-hydrogen) atoms. The predicted molar refractivity (Wildman–Crippen MR) is 74.7 cm³/mol. The topological polar surface area (TPSA) is 96.1 Å². The Labute approximate surface area is 119 Å². The first-order valence-electron chi connectivity index (χ1n) is 6.68. The Bertz CT molecular complexity index is 537. The van der Waals surface area contributed by atoms with E-state index in [2.05, 4.69) is 20.2 Å². The molecule has 1 heterocycles. The number of nitrogens with one attached hydrogen (secondary N) is 3. The zero-order chi connectivity index (χ0) is 14.6. The van der Waals surface area contributed by atoms with Gasteiger partial charge in [-0.05, 0) is 31.7 Å². The van der Waals surface area contributed by atoms with Crippen LogP contribution < -0.4 is 10.0 Å². The molecular weight excluding hydrogens is 280 g/mol. The van der Waals surface area contributed by atoms with E-state index >= 15 is 0 Å². The second kappa shape index (κ2) is 6.21. The van der Waals surface area contributed by atoms with Crippen LogP contribution in [0.3, 0.4) is 0 Å². The van der Waals surface area contributed by atoms with Crippen molar-refractivity contribution in [2.75, 3.05) is 27.3 Å². The van der Waals surface area contributed by atoms with Crippen LogP contribution in [0.25, 0.3) is 0 Å². The molecule has 7 nitrogen and oxygen atoms in total. The highest BCUT2D eigenvalue weighted by Gasteiger charge is 2.42. The molecule has 1 aliphatic rings. The molecule has 1 fully saturated rings. The van der Waals surface area contributed by atoms with E-state index in [9.17, 15) is 8.42 Å². The van der Waals surface area contributed by atoms with Crippen molar-refractivity contribution in [3.05, 3.63) is 11.8 Å². The van der Waals surface area contributed by atoms with Crippen LogP contribution in [0.5, 0.6) is 0 Å². The van der Waals surface area contributed by atoms with Crippen LogP contribution >= 0.6 is 0 Å². The number of H-pyrrole nitrogens is 1. The normalized spacial score (nSPS) is 17.3. The van der Waals surface area contributed by atoms with E-state index in [0.717, 1.165) is 19.3 Å². The molecular formula is C12H22N4O3S. The highest BCUT2D eigenvalue weighted by Crippen LogP contribution is 2.48. The summed E-state index contributed by atoms with van der Waals surface area (Å²) < 4.78 is 32.4. The lowest BCUT2D eigenvalue weighted by atomic mass is 10.0. The van der Waals surface area contributed by atoms with Crippen molar-refractivity contribution in [2.24, 2.45) is 5.41 Å². The lowest BCUT2D eigenvalue weighted by Crippen LogP contribution is -2.32. The summed E-state index contributed by atoms with van der Waals surface area (Å²) in [7, 11) is -0.111. The number of aromatic nitrogens is 2. The molecule has 0 unspecified atom stereocenters. The van der Waals surface area contributed by atoms with E-state index in [4.69, 9.17) is 4.74 Å². The number of sulfonamides is 1. The number of hydrogen-bond acceptors (Lipinski definition) is 5. The zero-order valence-electron chi connectivity index (χ0n) is 11.9. The minimum Gasteiger partial charge on any atom is -0.385 e. The predicted octanol–water partition coefficient (Wildman–Crippen LogP) is 0.224. The first kappa shape index (κ1) is 15.4. The number of hydrogen-bond donors (Lipinski definition) is 3. The monoisotopic (exact) mass is 302 g/mol. The molecule has 0 saturated heterocycles. The third kappa shape index (κ3) is 3.57. The fourth-order valence-corrected chi connectivity index (χ4v) is 3.46. The fraction of sp³-hybridized carbons (Fsp3) is 0.750. The molecule has 0 amide bonds. The maximum Gasteiger partial charge on any atom is 0.257 e. The van der Waals surface area contributed by atoms with Gasteiger partial charge in [-0.3, -0.25) is 5.10 Å². The molecule has 0 atom stereocenters. The summed E-state index contributed by atoms with van der Waals surface area (Å²) in [5.41, 5.74) is 0.716. The Morgan fingerprint density at radius 1 is 1.50 bits per heavy atom. The van der Waals surface area contributed by atoms with E-state index in [1.165, 1.54) is 6.20 Å². The molecule has 1 aromatic rings. The molecule has 0 spiro atoms. The van der Waals surface area contributed by atoms with Crippen molar-refractivity contribution < 1.29 is 13.2 Å². The summed E-state index contributed by atoms with van der Waals surface area (Å²) in [6.45, 7) is 1.58. The van der Waals surface area contributed by atoms with Gasteiger partial charge in [0.15, 0.2) is 5.03 Å². The average Bonchev–Trinajstić information content (AvgIpc) is 3.04. The fourth-order valence-electron chi connectivity index (χ4n) is 2.18. The highest BCUT2D eigenvalue weighted by atomic mass is 32.2. The second-order valence-corrected chi connectivity index (χ2v) is 7.03. The molecule has 0 radical (unpaired) electrons. The van der Waals surface area contributed by atoms with Crippen molar-refractivity contribution in [3.63, 3.8) is 0 Å². The Morgan fingerprint density at radius 3 is 2.85 bits per heavy atom. The molecule has 2 rings (SSSR count). The van der Waals surface area contributed by atoms with Crippen LogP contribution in [-0.2, 0) is 21.3 Å². The maximum absolute atomic E-state index is 12.3. The summed E-state index contributed by atoms with van der Waals surface area (Å²) in [6, 6.07) is 0. The van der Waals surface area contributed by atoms with Gasteiger partial charge in [-0.25, -0.2) is 13.1 Å². The summed E-state index contributed by atoms with van der Waals surface area (Å²) in [5, 5.41) is 9.45. The number of methoxy groups -OCH3 is 1. The molecule has 0 aromatic carbocycles. The third-order valence-electron chi connectivity index (χ3n) is 3.74. The van der Waals surface area contributed by atoms with Crippen LogP contribution in [0.1, 0.15) is 24.8 Å². The molecule has 114 valence electrons. The van der Waals surface area contributed by atoms with Gasteiger partial charge in [0.1, 0.15) is 0 Å². The smallest absolute Gasteiger partial charge is 0.257 e. The van der Waals surface area contributed by atoms with Crippen molar-refractivity contribution in [1.29, 1.82) is 0 Å². The van der Waals surface area contributed by atoms with Gasteiger partial charge in [-0.1, -0.05) is 0 Å². The lowest BCUT2D eigenvalue weighted by molar-refractivity contribution is 0.173. The summed E-state index contributed by atoms with van der Waals surface area (Å²) in [6.07, 6.45) is 4.51. The van der Waals surface area contributed by atoms with Crippen LogP contribution in [-0.4, -0.2) is 45.9 Å². The van der Waals surface area contributed by atoms with Crippen LogP contribution in [0, 0.1) is 5.41 Å². The second-order valence-electron chi connectivity index (χ2n) is 5.32. The van der Waals surface area contributed by atoms with Gasteiger partial charge < -0.3 is 10.1 Å². The highest BCUT2D eigenvalue weighted by molar-refractivity contribution is 7.89. The van der Waals surface area contributed by atoms with Gasteiger partial charge in [0.05, 0.1) is 6.20 Å². The minimum absolute atomic E-state index is 0.0757. The molecule has 0 aliphatic heterocycles. The Kier molecular flexibility index (Phi) is 4.79. The van der Waals surface area contributed by atoms with Gasteiger partial charge in [-0.2, -0.15) is 5.10 Å². The summed E-state index contributed by atoms with van der Waals surface area (Å²) in [5.74, 6) is 0. The van der Waals surface area contributed by atoms with E-state index < -0.39 is 10.0 Å². The molecule has 1 aromatic heterocycles. The van der Waals surface area contributed by atoms with E-state index in [1.807, 2.05) is 0 Å². The summed E-state index contributed by atoms with van der Waals surface area (Å²) in [4.78, 5) is 0. The third-order valence-corrected chi connectivity index (χ3v) is 5.16. The Balaban J connectivity index is 1.99. The SMILES string of the molecule is CNCc1cn[nH]c1S(=O)(=O)NCC1(CCOC)CC1.